The molecule has 2 aliphatic heterocycles. The van der Waals surface area contributed by atoms with Gasteiger partial charge >= 0.3 is 0 Å². The number of hydrogen-bond acceptors (Lipinski definition) is 3. The van der Waals surface area contributed by atoms with Crippen LogP contribution in [-0.2, 0) is 24.2 Å². The standard InChI is InChI=1S/C20H21NO3/c1-14(9-15-5-3-2-4-6-15)20(22)21-8-7-16-10-18-19(24-13-23-18)11-17(16)12-21/h2-6,10-11,14H,7-9,12-13H2,1H3. The van der Waals surface area contributed by atoms with Gasteiger partial charge in [0, 0.05) is 19.0 Å². The number of fused-ring (bicyclic) bond motifs is 2. The zero-order valence-electron chi connectivity index (χ0n) is 13.8. The first kappa shape index (κ1) is 15.1. The first-order chi connectivity index (χ1) is 11.7. The number of carbonyl (C=O) groups excluding carboxylic acids is 1. The van der Waals surface area contributed by atoms with Gasteiger partial charge in [-0.15, -0.1) is 0 Å². The zero-order valence-corrected chi connectivity index (χ0v) is 13.8. The number of amides is 1. The quantitative estimate of drug-likeness (QED) is 0.871. The Morgan fingerprint density at radius 1 is 1.12 bits per heavy atom. The Labute approximate surface area is 142 Å². The van der Waals surface area contributed by atoms with Crippen LogP contribution in [0.5, 0.6) is 11.5 Å². The fraction of sp³-hybridized carbons (Fsp3) is 0.350. The highest BCUT2D eigenvalue weighted by Crippen LogP contribution is 2.36. The molecule has 2 aromatic carbocycles. The van der Waals surface area contributed by atoms with Crippen LogP contribution in [0.2, 0.25) is 0 Å². The number of ether oxygens (including phenoxy) is 2. The highest BCUT2D eigenvalue weighted by molar-refractivity contribution is 5.79. The molecular weight excluding hydrogens is 302 g/mol. The second-order valence-electron chi connectivity index (χ2n) is 6.57. The Morgan fingerprint density at radius 3 is 2.58 bits per heavy atom. The summed E-state index contributed by atoms with van der Waals surface area (Å²) in [6.45, 7) is 3.73. The first-order valence-corrected chi connectivity index (χ1v) is 8.45. The smallest absolute Gasteiger partial charge is 0.231 e. The van der Waals surface area contributed by atoms with E-state index in [1.165, 1.54) is 16.7 Å². The molecular formula is C20H21NO3. The molecule has 0 fully saturated rings. The lowest BCUT2D eigenvalue weighted by Gasteiger charge is -2.31. The van der Waals surface area contributed by atoms with Gasteiger partial charge in [-0.25, -0.2) is 0 Å². The van der Waals surface area contributed by atoms with E-state index >= 15 is 0 Å². The molecule has 1 atom stereocenters. The van der Waals surface area contributed by atoms with Crippen LogP contribution < -0.4 is 9.47 Å². The van der Waals surface area contributed by atoms with Crippen molar-refractivity contribution in [2.45, 2.75) is 26.3 Å². The molecule has 0 bridgehead atoms. The van der Waals surface area contributed by atoms with Crippen LogP contribution in [0.15, 0.2) is 42.5 Å². The second-order valence-corrected chi connectivity index (χ2v) is 6.57. The minimum absolute atomic E-state index is 0.0111. The lowest BCUT2D eigenvalue weighted by Crippen LogP contribution is -2.39. The molecule has 2 aromatic rings. The predicted octanol–water partition coefficient (Wildman–Crippen LogP) is 3.18. The minimum Gasteiger partial charge on any atom is -0.454 e. The summed E-state index contributed by atoms with van der Waals surface area (Å²) in [7, 11) is 0. The van der Waals surface area contributed by atoms with Crippen LogP contribution in [0, 0.1) is 5.92 Å². The lowest BCUT2D eigenvalue weighted by atomic mass is 9.95. The Kier molecular flexibility index (Phi) is 3.89. The average molecular weight is 323 g/mol. The third-order valence-corrected chi connectivity index (χ3v) is 4.83. The minimum atomic E-state index is -0.0111. The van der Waals surface area contributed by atoms with Gasteiger partial charge < -0.3 is 14.4 Å². The third kappa shape index (κ3) is 2.84. The van der Waals surface area contributed by atoms with E-state index in [1.54, 1.807) is 0 Å². The van der Waals surface area contributed by atoms with Gasteiger partial charge in [0.05, 0.1) is 0 Å². The molecule has 0 saturated heterocycles. The van der Waals surface area contributed by atoms with Gasteiger partial charge in [-0.05, 0) is 41.7 Å². The van der Waals surface area contributed by atoms with Crippen LogP contribution >= 0.6 is 0 Å². The van der Waals surface area contributed by atoms with Crippen molar-refractivity contribution in [3.63, 3.8) is 0 Å². The summed E-state index contributed by atoms with van der Waals surface area (Å²) in [4.78, 5) is 14.8. The largest absolute Gasteiger partial charge is 0.454 e. The second kappa shape index (κ2) is 6.19. The molecule has 0 N–H and O–H groups in total. The fourth-order valence-corrected chi connectivity index (χ4v) is 3.50. The van der Waals surface area contributed by atoms with Crippen molar-refractivity contribution >= 4 is 5.91 Å². The summed E-state index contributed by atoms with van der Waals surface area (Å²) in [6, 6.07) is 14.3. The van der Waals surface area contributed by atoms with Gasteiger partial charge in [0.15, 0.2) is 11.5 Å². The van der Waals surface area contributed by atoms with Gasteiger partial charge in [0.1, 0.15) is 0 Å². The molecule has 0 saturated carbocycles. The van der Waals surface area contributed by atoms with Crippen LogP contribution in [0.25, 0.3) is 0 Å². The summed E-state index contributed by atoms with van der Waals surface area (Å²) in [5.41, 5.74) is 3.64. The molecule has 1 unspecified atom stereocenters. The van der Waals surface area contributed by atoms with E-state index in [0.29, 0.717) is 6.54 Å². The van der Waals surface area contributed by atoms with E-state index in [-0.39, 0.29) is 18.6 Å². The van der Waals surface area contributed by atoms with Crippen molar-refractivity contribution in [2.75, 3.05) is 13.3 Å². The molecule has 0 radical (unpaired) electrons. The average Bonchev–Trinajstić information content (AvgIpc) is 3.06. The Bertz CT molecular complexity index is 757. The molecule has 124 valence electrons. The van der Waals surface area contributed by atoms with E-state index < -0.39 is 0 Å². The van der Waals surface area contributed by atoms with E-state index in [4.69, 9.17) is 9.47 Å². The van der Waals surface area contributed by atoms with Crippen LogP contribution in [-0.4, -0.2) is 24.1 Å². The monoisotopic (exact) mass is 323 g/mol. The maximum atomic E-state index is 12.8. The van der Waals surface area contributed by atoms with Gasteiger partial charge in [-0.2, -0.15) is 0 Å². The summed E-state index contributed by atoms with van der Waals surface area (Å²) >= 11 is 0. The molecule has 2 aliphatic rings. The maximum absolute atomic E-state index is 12.8. The molecule has 0 aromatic heterocycles. The third-order valence-electron chi connectivity index (χ3n) is 4.83. The molecule has 4 nitrogen and oxygen atoms in total. The highest BCUT2D eigenvalue weighted by Gasteiger charge is 2.27. The lowest BCUT2D eigenvalue weighted by molar-refractivity contribution is -0.135. The van der Waals surface area contributed by atoms with Gasteiger partial charge in [-0.1, -0.05) is 37.3 Å². The van der Waals surface area contributed by atoms with Crippen molar-refractivity contribution in [1.29, 1.82) is 0 Å². The van der Waals surface area contributed by atoms with Crippen molar-refractivity contribution < 1.29 is 14.3 Å². The Morgan fingerprint density at radius 2 is 1.83 bits per heavy atom. The molecule has 0 spiro atoms. The summed E-state index contributed by atoms with van der Waals surface area (Å²) in [5.74, 6) is 1.83. The number of nitrogens with zero attached hydrogens (tertiary/aromatic N) is 1. The fourth-order valence-electron chi connectivity index (χ4n) is 3.50. The Balaban J connectivity index is 1.46. The molecule has 4 heteroatoms. The van der Waals surface area contributed by atoms with Crippen molar-refractivity contribution in [2.24, 2.45) is 5.92 Å². The van der Waals surface area contributed by atoms with Crippen molar-refractivity contribution in [3.05, 3.63) is 59.2 Å². The number of rotatable bonds is 3. The summed E-state index contributed by atoms with van der Waals surface area (Å²) < 4.78 is 10.9. The number of benzene rings is 2. The van der Waals surface area contributed by atoms with E-state index in [9.17, 15) is 4.79 Å². The van der Waals surface area contributed by atoms with Gasteiger partial charge in [-0.3, -0.25) is 4.79 Å². The summed E-state index contributed by atoms with van der Waals surface area (Å²) in [5, 5.41) is 0. The molecule has 2 heterocycles. The topological polar surface area (TPSA) is 38.8 Å². The summed E-state index contributed by atoms with van der Waals surface area (Å²) in [6.07, 6.45) is 1.65. The zero-order chi connectivity index (χ0) is 16.5. The van der Waals surface area contributed by atoms with E-state index in [2.05, 4.69) is 18.2 Å². The SMILES string of the molecule is CC(Cc1ccccc1)C(=O)N1CCc2cc3c(cc2C1)OCO3. The van der Waals surface area contributed by atoms with Crippen molar-refractivity contribution in [3.8, 4) is 11.5 Å². The normalized spacial score (nSPS) is 16.6. The van der Waals surface area contributed by atoms with Gasteiger partial charge in [0.25, 0.3) is 0 Å². The molecule has 1 amide bonds. The number of hydrogen-bond donors (Lipinski definition) is 0. The van der Waals surface area contributed by atoms with Gasteiger partial charge in [0.2, 0.25) is 12.7 Å². The van der Waals surface area contributed by atoms with Crippen molar-refractivity contribution in [1.82, 2.24) is 4.90 Å². The maximum Gasteiger partial charge on any atom is 0.231 e. The van der Waals surface area contributed by atoms with Crippen LogP contribution in [0.4, 0.5) is 0 Å². The molecule has 0 aliphatic carbocycles. The Hall–Kier alpha value is -2.49. The predicted molar refractivity (Wildman–Crippen MR) is 91.0 cm³/mol. The van der Waals surface area contributed by atoms with E-state index in [0.717, 1.165) is 30.9 Å². The molecule has 24 heavy (non-hydrogen) atoms. The highest BCUT2D eigenvalue weighted by atomic mass is 16.7. The van der Waals surface area contributed by atoms with E-state index in [1.807, 2.05) is 36.1 Å². The van der Waals surface area contributed by atoms with Crippen LogP contribution in [0.3, 0.4) is 0 Å². The molecule has 4 rings (SSSR count). The first-order valence-electron chi connectivity index (χ1n) is 8.45. The number of carbonyl (C=O) groups is 1. The van der Waals surface area contributed by atoms with Crippen LogP contribution in [0.1, 0.15) is 23.6 Å².